The van der Waals surface area contributed by atoms with Crippen molar-refractivity contribution in [2.24, 2.45) is 0 Å². The SMILES string of the molecule is CC(C)Oc1cccc(/C(O)=C2\C(=O)C(=O)N(c3nc4ccccc4[nH]3)C2c2ccccc2)c1. The van der Waals surface area contributed by atoms with Gasteiger partial charge in [-0.25, -0.2) is 4.98 Å². The summed E-state index contributed by atoms with van der Waals surface area (Å²) in [4.78, 5) is 35.5. The summed E-state index contributed by atoms with van der Waals surface area (Å²) in [7, 11) is 0. The largest absolute Gasteiger partial charge is 0.507 e. The second-order valence-corrected chi connectivity index (χ2v) is 8.35. The highest BCUT2D eigenvalue weighted by Crippen LogP contribution is 2.41. The number of hydrogen-bond donors (Lipinski definition) is 2. The summed E-state index contributed by atoms with van der Waals surface area (Å²) in [5, 5.41) is 11.3. The molecule has 34 heavy (non-hydrogen) atoms. The minimum Gasteiger partial charge on any atom is -0.507 e. The van der Waals surface area contributed by atoms with Gasteiger partial charge in [0.25, 0.3) is 5.78 Å². The fraction of sp³-hybridized carbons (Fsp3) is 0.148. The maximum Gasteiger partial charge on any atom is 0.302 e. The van der Waals surface area contributed by atoms with Crippen molar-refractivity contribution in [3.05, 3.63) is 95.6 Å². The fourth-order valence-electron chi connectivity index (χ4n) is 4.20. The fourth-order valence-corrected chi connectivity index (χ4v) is 4.20. The summed E-state index contributed by atoms with van der Waals surface area (Å²) < 4.78 is 5.74. The Hall–Kier alpha value is -4.39. The number of carbonyl (C=O) groups is 2. The molecule has 1 aliphatic rings. The standard InChI is InChI=1S/C27H23N3O4/c1-16(2)34-19-12-8-11-18(15-19)24(31)22-23(17-9-4-3-5-10-17)30(26(33)25(22)32)27-28-20-13-6-7-14-21(20)29-27/h3-16,23,31H,1-2H3,(H,28,29)/b24-22+. The minimum atomic E-state index is -0.851. The summed E-state index contributed by atoms with van der Waals surface area (Å²) >= 11 is 0. The summed E-state index contributed by atoms with van der Waals surface area (Å²) in [6.45, 7) is 3.81. The number of H-pyrrole nitrogens is 1. The van der Waals surface area contributed by atoms with E-state index < -0.39 is 17.7 Å². The van der Waals surface area contributed by atoms with Gasteiger partial charge in [0.05, 0.1) is 28.8 Å². The van der Waals surface area contributed by atoms with Crippen LogP contribution in [0.3, 0.4) is 0 Å². The molecule has 0 radical (unpaired) electrons. The number of amides is 1. The topological polar surface area (TPSA) is 95.5 Å². The number of ketones is 1. The van der Waals surface area contributed by atoms with Crippen LogP contribution in [0.25, 0.3) is 16.8 Å². The lowest BCUT2D eigenvalue weighted by atomic mass is 9.95. The predicted octanol–water partition coefficient (Wildman–Crippen LogP) is 4.98. The normalized spacial score (nSPS) is 17.6. The van der Waals surface area contributed by atoms with Gasteiger partial charge in [-0.1, -0.05) is 54.6 Å². The van der Waals surface area contributed by atoms with E-state index in [0.29, 0.717) is 22.4 Å². The molecule has 1 unspecified atom stereocenters. The van der Waals surface area contributed by atoms with Gasteiger partial charge in [-0.2, -0.15) is 0 Å². The van der Waals surface area contributed by atoms with Gasteiger partial charge in [-0.05, 0) is 43.7 Å². The van der Waals surface area contributed by atoms with Crippen molar-refractivity contribution < 1.29 is 19.4 Å². The van der Waals surface area contributed by atoms with Crippen LogP contribution in [0.5, 0.6) is 5.75 Å². The van der Waals surface area contributed by atoms with Crippen LogP contribution in [0.4, 0.5) is 5.95 Å². The monoisotopic (exact) mass is 453 g/mol. The van der Waals surface area contributed by atoms with E-state index in [1.54, 1.807) is 24.3 Å². The molecule has 7 heteroatoms. The molecule has 5 rings (SSSR count). The number of benzene rings is 3. The third kappa shape index (κ3) is 3.71. The quantitative estimate of drug-likeness (QED) is 0.253. The number of aliphatic hydroxyl groups is 1. The van der Waals surface area contributed by atoms with E-state index in [4.69, 9.17) is 4.74 Å². The van der Waals surface area contributed by atoms with Crippen LogP contribution in [0.1, 0.15) is 31.0 Å². The van der Waals surface area contributed by atoms with Crippen molar-refractivity contribution >= 4 is 34.4 Å². The number of hydrogen-bond acceptors (Lipinski definition) is 5. The lowest BCUT2D eigenvalue weighted by Gasteiger charge is -2.23. The Kier molecular flexibility index (Phi) is 5.37. The summed E-state index contributed by atoms with van der Waals surface area (Å²) in [6.07, 6.45) is -0.0552. The molecule has 1 aliphatic heterocycles. The van der Waals surface area contributed by atoms with E-state index >= 15 is 0 Å². The first-order valence-electron chi connectivity index (χ1n) is 11.0. The Morgan fingerprint density at radius 1 is 1.00 bits per heavy atom. The second kappa shape index (κ2) is 8.51. The summed E-state index contributed by atoms with van der Waals surface area (Å²) in [6, 6.07) is 22.5. The summed E-state index contributed by atoms with van der Waals surface area (Å²) in [5.74, 6) is -0.999. The average molecular weight is 453 g/mol. The van der Waals surface area contributed by atoms with Gasteiger partial charge in [0.2, 0.25) is 5.95 Å². The maximum atomic E-state index is 13.3. The number of fused-ring (bicyclic) bond motifs is 1. The predicted molar refractivity (Wildman–Crippen MR) is 130 cm³/mol. The van der Waals surface area contributed by atoms with Gasteiger partial charge in [0.1, 0.15) is 11.5 Å². The van der Waals surface area contributed by atoms with E-state index in [0.717, 1.165) is 5.52 Å². The molecule has 1 amide bonds. The maximum absolute atomic E-state index is 13.3. The number of aromatic amines is 1. The number of carbonyl (C=O) groups excluding carboxylic acids is 2. The molecule has 1 fully saturated rings. The number of nitrogens with one attached hydrogen (secondary N) is 1. The molecular weight excluding hydrogens is 430 g/mol. The van der Waals surface area contributed by atoms with Crippen LogP contribution in [-0.4, -0.2) is 32.9 Å². The van der Waals surface area contributed by atoms with Gasteiger partial charge in [-0.15, -0.1) is 0 Å². The van der Waals surface area contributed by atoms with E-state index in [1.807, 2.05) is 68.4 Å². The Balaban J connectivity index is 1.68. The minimum absolute atomic E-state index is 0.00152. The summed E-state index contributed by atoms with van der Waals surface area (Å²) in [5.41, 5.74) is 2.48. The average Bonchev–Trinajstić information content (AvgIpc) is 3.37. The first-order valence-corrected chi connectivity index (χ1v) is 11.0. The Morgan fingerprint density at radius 2 is 1.74 bits per heavy atom. The van der Waals surface area contributed by atoms with Gasteiger partial charge in [-0.3, -0.25) is 14.5 Å². The van der Waals surface area contributed by atoms with Gasteiger partial charge in [0, 0.05) is 5.56 Å². The molecule has 0 aliphatic carbocycles. The third-order valence-electron chi connectivity index (χ3n) is 5.64. The molecule has 1 saturated heterocycles. The first-order chi connectivity index (χ1) is 16.4. The zero-order valence-electron chi connectivity index (χ0n) is 18.7. The molecule has 4 aromatic rings. The number of para-hydroxylation sites is 2. The molecule has 2 heterocycles. The number of ether oxygens (including phenoxy) is 1. The molecule has 1 atom stereocenters. The molecule has 170 valence electrons. The van der Waals surface area contributed by atoms with Crippen LogP contribution in [0.2, 0.25) is 0 Å². The number of nitrogens with zero attached hydrogens (tertiary/aromatic N) is 2. The van der Waals surface area contributed by atoms with Gasteiger partial charge in [0.15, 0.2) is 0 Å². The van der Waals surface area contributed by atoms with Crippen molar-refractivity contribution in [1.82, 2.24) is 9.97 Å². The molecule has 3 aromatic carbocycles. The zero-order chi connectivity index (χ0) is 23.8. The molecule has 0 bridgehead atoms. The van der Waals surface area contributed by atoms with Crippen molar-refractivity contribution in [3.8, 4) is 5.75 Å². The van der Waals surface area contributed by atoms with Crippen LogP contribution in [-0.2, 0) is 9.59 Å². The van der Waals surface area contributed by atoms with E-state index in [1.165, 1.54) is 4.90 Å². The Morgan fingerprint density at radius 3 is 2.47 bits per heavy atom. The van der Waals surface area contributed by atoms with Crippen LogP contribution in [0.15, 0.2) is 84.4 Å². The number of aliphatic hydroxyl groups excluding tert-OH is 1. The highest BCUT2D eigenvalue weighted by molar-refractivity contribution is 6.51. The zero-order valence-corrected chi connectivity index (χ0v) is 18.7. The van der Waals surface area contributed by atoms with Crippen molar-refractivity contribution in [2.45, 2.75) is 26.0 Å². The van der Waals surface area contributed by atoms with Crippen LogP contribution < -0.4 is 9.64 Å². The van der Waals surface area contributed by atoms with Crippen molar-refractivity contribution in [1.29, 1.82) is 0 Å². The molecular formula is C27H23N3O4. The van der Waals surface area contributed by atoms with Gasteiger partial charge < -0.3 is 14.8 Å². The lowest BCUT2D eigenvalue weighted by Crippen LogP contribution is -2.30. The Labute approximate surface area is 196 Å². The Bertz CT molecular complexity index is 1390. The van der Waals surface area contributed by atoms with E-state index in [2.05, 4.69) is 9.97 Å². The number of aromatic nitrogens is 2. The lowest BCUT2D eigenvalue weighted by molar-refractivity contribution is -0.132. The second-order valence-electron chi connectivity index (χ2n) is 8.35. The third-order valence-corrected chi connectivity index (χ3v) is 5.64. The van der Waals surface area contributed by atoms with E-state index in [9.17, 15) is 14.7 Å². The molecule has 2 N–H and O–H groups in total. The van der Waals surface area contributed by atoms with Crippen molar-refractivity contribution in [2.75, 3.05) is 4.90 Å². The number of Topliss-reactive ketones (excluding diaryl/α,β-unsaturated/α-hetero) is 1. The van der Waals surface area contributed by atoms with Crippen molar-refractivity contribution in [3.63, 3.8) is 0 Å². The number of anilines is 1. The number of imidazole rings is 1. The molecule has 0 saturated carbocycles. The molecule has 7 nitrogen and oxygen atoms in total. The van der Waals surface area contributed by atoms with Gasteiger partial charge >= 0.3 is 5.91 Å². The van der Waals surface area contributed by atoms with E-state index in [-0.39, 0.29) is 23.4 Å². The molecule has 0 spiro atoms. The van der Waals surface area contributed by atoms with Crippen LogP contribution in [0, 0.1) is 0 Å². The van der Waals surface area contributed by atoms with Crippen LogP contribution >= 0.6 is 0 Å². The number of rotatable bonds is 5. The highest BCUT2D eigenvalue weighted by Gasteiger charge is 2.48. The first kappa shape index (κ1) is 21.5. The smallest absolute Gasteiger partial charge is 0.302 e. The highest BCUT2D eigenvalue weighted by atomic mass is 16.5. The molecule has 1 aromatic heterocycles.